The lowest BCUT2D eigenvalue weighted by Crippen LogP contribution is -2.19. The molecule has 2 aromatic heterocycles. The minimum absolute atomic E-state index is 0.00509. The largest absolute Gasteiger partial charge is 0.394 e. The van der Waals surface area contributed by atoms with Crippen LogP contribution in [0.5, 0.6) is 0 Å². The van der Waals surface area contributed by atoms with Gasteiger partial charge in [-0.1, -0.05) is 60.1 Å². The molecule has 0 fully saturated rings. The highest BCUT2D eigenvalue weighted by Crippen LogP contribution is 2.35. The fourth-order valence-corrected chi connectivity index (χ4v) is 4.60. The van der Waals surface area contributed by atoms with Crippen molar-refractivity contribution in [3.05, 3.63) is 101 Å². The molecular formula is C28H22ClF3N4. The summed E-state index contributed by atoms with van der Waals surface area (Å²) < 4.78 is 37.9. The first kappa shape index (κ1) is 23.9. The predicted molar refractivity (Wildman–Crippen MR) is 138 cm³/mol. The molecule has 1 aliphatic carbocycles. The van der Waals surface area contributed by atoms with Gasteiger partial charge in [0.15, 0.2) is 0 Å². The van der Waals surface area contributed by atoms with Gasteiger partial charge in [0.25, 0.3) is 0 Å². The van der Waals surface area contributed by atoms with Gasteiger partial charge in [-0.25, -0.2) is 9.97 Å². The van der Waals surface area contributed by atoms with Crippen LogP contribution in [0.4, 0.5) is 19.1 Å². The lowest BCUT2D eigenvalue weighted by molar-refractivity contribution is -0.127. The number of nitrogens with zero attached hydrogens (tertiary/aromatic N) is 2. The molecule has 0 spiro atoms. The van der Waals surface area contributed by atoms with Crippen molar-refractivity contribution < 1.29 is 13.2 Å². The van der Waals surface area contributed by atoms with E-state index in [-0.39, 0.29) is 11.6 Å². The molecule has 3 aromatic carbocycles. The molecule has 2 heterocycles. The van der Waals surface area contributed by atoms with Gasteiger partial charge < -0.3 is 10.7 Å². The molecule has 3 N–H and O–H groups in total. The summed E-state index contributed by atoms with van der Waals surface area (Å²) in [4.78, 5) is 11.2. The van der Waals surface area contributed by atoms with E-state index < -0.39 is 12.6 Å². The van der Waals surface area contributed by atoms with E-state index in [0.29, 0.717) is 24.1 Å². The Bertz CT molecular complexity index is 1520. The maximum atomic E-state index is 12.6. The van der Waals surface area contributed by atoms with E-state index in [9.17, 15) is 13.2 Å². The molecule has 0 bridgehead atoms. The standard InChI is InChI=1S/C14H10ClN.C14H12F3N3/c15-13-5-3-10(4-6-13)12-2-1-11-7-8-16-14(11)9-12;15-14(16,17)7-11-10-6-5-8-3-1-2-4-9(8)12(10)20-13(18)19-11/h1-9,16H;1-4H,5-7H2,(H2,18,19,20). The SMILES string of the molecule is Clc1ccc(-c2ccc3cc[nH]c3c2)cc1.Nc1nc(CC(F)(F)F)c2c(n1)-c1ccccc1CC2. The summed E-state index contributed by atoms with van der Waals surface area (Å²) in [5, 5.41) is 2.00. The molecule has 4 nitrogen and oxygen atoms in total. The van der Waals surface area contributed by atoms with E-state index in [1.54, 1.807) is 0 Å². The molecule has 1 aliphatic rings. The van der Waals surface area contributed by atoms with Gasteiger partial charge in [-0.15, -0.1) is 0 Å². The van der Waals surface area contributed by atoms with Crippen molar-refractivity contribution in [2.24, 2.45) is 0 Å². The molecule has 5 aromatic rings. The fourth-order valence-electron chi connectivity index (χ4n) is 4.47. The molecule has 0 saturated heterocycles. The summed E-state index contributed by atoms with van der Waals surface area (Å²) in [6, 6.07) is 23.9. The Morgan fingerprint density at radius 1 is 0.889 bits per heavy atom. The Hall–Kier alpha value is -3.84. The van der Waals surface area contributed by atoms with Crippen LogP contribution in [0, 0.1) is 0 Å². The lowest BCUT2D eigenvalue weighted by Gasteiger charge is -2.21. The molecule has 36 heavy (non-hydrogen) atoms. The van der Waals surface area contributed by atoms with E-state index in [2.05, 4.69) is 39.2 Å². The van der Waals surface area contributed by atoms with Crippen LogP contribution in [0.3, 0.4) is 0 Å². The lowest BCUT2D eigenvalue weighted by atomic mass is 9.87. The van der Waals surface area contributed by atoms with Crippen molar-refractivity contribution in [3.63, 3.8) is 0 Å². The maximum absolute atomic E-state index is 12.6. The summed E-state index contributed by atoms with van der Waals surface area (Å²) in [6.45, 7) is 0. The number of aromatic nitrogens is 3. The van der Waals surface area contributed by atoms with Crippen LogP contribution >= 0.6 is 11.6 Å². The van der Waals surface area contributed by atoms with Crippen molar-refractivity contribution in [1.29, 1.82) is 0 Å². The van der Waals surface area contributed by atoms with E-state index >= 15 is 0 Å². The molecule has 0 saturated carbocycles. The van der Waals surface area contributed by atoms with Gasteiger partial charge in [-0.3, -0.25) is 0 Å². The summed E-state index contributed by atoms with van der Waals surface area (Å²) in [5.41, 5.74) is 12.1. The third kappa shape index (κ3) is 5.21. The van der Waals surface area contributed by atoms with Crippen LogP contribution in [0.15, 0.2) is 79.0 Å². The van der Waals surface area contributed by atoms with Crippen molar-refractivity contribution in [1.82, 2.24) is 15.0 Å². The van der Waals surface area contributed by atoms with Gasteiger partial charge in [-0.05, 0) is 59.2 Å². The van der Waals surface area contributed by atoms with Crippen LogP contribution in [-0.2, 0) is 19.3 Å². The van der Waals surface area contributed by atoms with Crippen LogP contribution < -0.4 is 5.73 Å². The number of hydrogen-bond donors (Lipinski definition) is 2. The first-order chi connectivity index (χ1) is 17.3. The topological polar surface area (TPSA) is 67.6 Å². The van der Waals surface area contributed by atoms with Crippen LogP contribution in [0.25, 0.3) is 33.3 Å². The fraction of sp³-hybridized carbons (Fsp3) is 0.143. The average molecular weight is 507 g/mol. The predicted octanol–water partition coefficient (Wildman–Crippen LogP) is 7.42. The third-order valence-corrected chi connectivity index (χ3v) is 6.38. The number of hydrogen-bond acceptors (Lipinski definition) is 3. The summed E-state index contributed by atoms with van der Waals surface area (Å²) in [5.74, 6) is -0.111. The smallest absolute Gasteiger partial charge is 0.368 e. The van der Waals surface area contributed by atoms with Crippen molar-refractivity contribution in [3.8, 4) is 22.4 Å². The summed E-state index contributed by atoms with van der Waals surface area (Å²) >= 11 is 5.87. The number of fused-ring (bicyclic) bond motifs is 4. The Balaban J connectivity index is 0.000000152. The summed E-state index contributed by atoms with van der Waals surface area (Å²) in [7, 11) is 0. The molecule has 6 rings (SSSR count). The molecule has 0 unspecified atom stereocenters. The Labute approximate surface area is 211 Å². The number of halogens is 4. The Morgan fingerprint density at radius 2 is 1.64 bits per heavy atom. The first-order valence-corrected chi connectivity index (χ1v) is 11.8. The zero-order chi connectivity index (χ0) is 25.3. The van der Waals surface area contributed by atoms with E-state index in [1.165, 1.54) is 16.5 Å². The minimum Gasteiger partial charge on any atom is -0.368 e. The molecular weight excluding hydrogens is 485 g/mol. The van der Waals surface area contributed by atoms with Gasteiger partial charge in [0.2, 0.25) is 5.95 Å². The Morgan fingerprint density at radius 3 is 2.42 bits per heavy atom. The number of anilines is 1. The number of nitrogen functional groups attached to an aromatic ring is 1. The van der Waals surface area contributed by atoms with Crippen LogP contribution in [-0.4, -0.2) is 21.1 Å². The normalized spacial score (nSPS) is 12.4. The molecule has 0 atom stereocenters. The highest BCUT2D eigenvalue weighted by atomic mass is 35.5. The number of benzene rings is 3. The number of rotatable bonds is 2. The van der Waals surface area contributed by atoms with Gasteiger partial charge in [-0.2, -0.15) is 13.2 Å². The number of H-pyrrole nitrogens is 1. The van der Waals surface area contributed by atoms with Gasteiger partial charge in [0.1, 0.15) is 0 Å². The number of nitrogens with two attached hydrogens (primary N) is 1. The molecule has 0 aliphatic heterocycles. The zero-order valence-electron chi connectivity index (χ0n) is 19.1. The Kier molecular flexibility index (Phi) is 6.41. The first-order valence-electron chi connectivity index (χ1n) is 11.4. The highest BCUT2D eigenvalue weighted by molar-refractivity contribution is 6.30. The van der Waals surface area contributed by atoms with Crippen molar-refractivity contribution in [2.45, 2.75) is 25.4 Å². The molecule has 0 radical (unpaired) electrons. The van der Waals surface area contributed by atoms with Crippen LogP contribution in [0.2, 0.25) is 5.02 Å². The van der Waals surface area contributed by atoms with Gasteiger partial charge >= 0.3 is 6.18 Å². The van der Waals surface area contributed by atoms with E-state index in [4.69, 9.17) is 17.3 Å². The van der Waals surface area contributed by atoms with Crippen LogP contribution in [0.1, 0.15) is 16.8 Å². The minimum atomic E-state index is -4.30. The maximum Gasteiger partial charge on any atom is 0.394 e. The molecule has 182 valence electrons. The number of nitrogens with one attached hydrogen (secondary N) is 1. The van der Waals surface area contributed by atoms with E-state index in [0.717, 1.165) is 21.7 Å². The second-order valence-corrected chi connectivity index (χ2v) is 9.03. The highest BCUT2D eigenvalue weighted by Gasteiger charge is 2.32. The monoisotopic (exact) mass is 506 g/mol. The number of aromatic amines is 1. The number of aryl methyl sites for hydroxylation is 1. The summed E-state index contributed by atoms with van der Waals surface area (Å²) in [6.07, 6.45) is -2.20. The van der Waals surface area contributed by atoms with Gasteiger partial charge in [0, 0.05) is 27.9 Å². The average Bonchev–Trinajstić information content (AvgIpc) is 3.32. The van der Waals surface area contributed by atoms with Gasteiger partial charge in [0.05, 0.1) is 17.8 Å². The molecule has 0 amide bonds. The van der Waals surface area contributed by atoms with Crippen molar-refractivity contribution >= 4 is 28.5 Å². The second-order valence-electron chi connectivity index (χ2n) is 8.59. The quantitative estimate of drug-likeness (QED) is 0.262. The zero-order valence-corrected chi connectivity index (χ0v) is 19.9. The number of alkyl halides is 3. The van der Waals surface area contributed by atoms with E-state index in [1.807, 2.05) is 54.7 Å². The molecule has 8 heteroatoms. The second kappa shape index (κ2) is 9.66. The third-order valence-electron chi connectivity index (χ3n) is 6.13. The van der Waals surface area contributed by atoms with Crippen molar-refractivity contribution in [2.75, 3.05) is 5.73 Å².